The first-order valence-corrected chi connectivity index (χ1v) is 8.87. The SMILES string of the molecule is COc1ccc(C(=O)CCCC(=O)N2CCC3CCC(C2)N3)cc1. The zero-order chi connectivity index (χ0) is 16.9. The van der Waals surface area contributed by atoms with Crippen molar-refractivity contribution in [3.8, 4) is 5.75 Å². The number of hydrogen-bond acceptors (Lipinski definition) is 4. The zero-order valence-corrected chi connectivity index (χ0v) is 14.3. The number of hydrogen-bond donors (Lipinski definition) is 1. The van der Waals surface area contributed by atoms with E-state index >= 15 is 0 Å². The summed E-state index contributed by atoms with van der Waals surface area (Å²) in [5.74, 6) is 1.01. The quantitative estimate of drug-likeness (QED) is 0.814. The van der Waals surface area contributed by atoms with E-state index in [0.29, 0.717) is 36.9 Å². The van der Waals surface area contributed by atoms with Crippen LogP contribution in [0.5, 0.6) is 5.75 Å². The summed E-state index contributed by atoms with van der Waals surface area (Å²) in [6.07, 6.45) is 4.94. The summed E-state index contributed by atoms with van der Waals surface area (Å²) in [6.45, 7) is 1.67. The van der Waals surface area contributed by atoms with Crippen molar-refractivity contribution in [2.45, 2.75) is 50.6 Å². The molecule has 2 fully saturated rings. The number of ether oxygens (including phenoxy) is 1. The maximum Gasteiger partial charge on any atom is 0.222 e. The molecule has 2 heterocycles. The topological polar surface area (TPSA) is 58.6 Å². The standard InChI is InChI=1S/C19H26N2O3/c1-24-17-9-5-14(6-10-17)18(22)3-2-4-19(23)21-12-11-15-7-8-16(13-21)20-15/h5-6,9-10,15-16,20H,2-4,7-8,11-13H2,1H3. The number of nitrogens with one attached hydrogen (secondary N) is 1. The number of methoxy groups -OCH3 is 1. The monoisotopic (exact) mass is 330 g/mol. The van der Waals surface area contributed by atoms with E-state index in [4.69, 9.17) is 4.74 Å². The van der Waals surface area contributed by atoms with E-state index in [9.17, 15) is 9.59 Å². The van der Waals surface area contributed by atoms with E-state index in [-0.39, 0.29) is 11.7 Å². The fourth-order valence-corrected chi connectivity index (χ4v) is 3.65. The normalized spacial score (nSPS) is 23.0. The molecule has 0 saturated carbocycles. The minimum Gasteiger partial charge on any atom is -0.497 e. The number of benzene rings is 1. The van der Waals surface area contributed by atoms with Crippen LogP contribution in [0.1, 0.15) is 48.9 Å². The molecule has 5 nitrogen and oxygen atoms in total. The summed E-state index contributed by atoms with van der Waals surface area (Å²) in [5.41, 5.74) is 0.680. The van der Waals surface area contributed by atoms with Gasteiger partial charge in [0.25, 0.3) is 0 Å². The van der Waals surface area contributed by atoms with E-state index in [1.807, 2.05) is 4.90 Å². The molecule has 0 radical (unpaired) electrons. The second-order valence-corrected chi connectivity index (χ2v) is 6.77. The Hall–Kier alpha value is -1.88. The van der Waals surface area contributed by atoms with Crippen molar-refractivity contribution in [2.24, 2.45) is 0 Å². The van der Waals surface area contributed by atoms with E-state index in [0.717, 1.165) is 25.3 Å². The lowest BCUT2D eigenvalue weighted by Gasteiger charge is -2.24. The summed E-state index contributed by atoms with van der Waals surface area (Å²) < 4.78 is 5.09. The maximum atomic E-state index is 12.4. The highest BCUT2D eigenvalue weighted by Crippen LogP contribution is 2.21. The van der Waals surface area contributed by atoms with Crippen LogP contribution < -0.4 is 10.1 Å². The Balaban J connectivity index is 1.43. The highest BCUT2D eigenvalue weighted by Gasteiger charge is 2.30. The molecule has 2 aliphatic heterocycles. The third-order valence-electron chi connectivity index (χ3n) is 5.08. The molecule has 2 saturated heterocycles. The van der Waals surface area contributed by atoms with Gasteiger partial charge in [0.1, 0.15) is 5.75 Å². The molecule has 0 spiro atoms. The molecule has 24 heavy (non-hydrogen) atoms. The molecule has 2 atom stereocenters. The van der Waals surface area contributed by atoms with Gasteiger partial charge >= 0.3 is 0 Å². The Morgan fingerprint density at radius 2 is 1.88 bits per heavy atom. The van der Waals surface area contributed by atoms with E-state index in [1.165, 1.54) is 12.8 Å². The molecule has 1 amide bonds. The lowest BCUT2D eigenvalue weighted by molar-refractivity contribution is -0.131. The van der Waals surface area contributed by atoms with E-state index in [1.54, 1.807) is 31.4 Å². The Morgan fingerprint density at radius 1 is 1.12 bits per heavy atom. The van der Waals surface area contributed by atoms with Gasteiger partial charge in [-0.15, -0.1) is 0 Å². The largest absolute Gasteiger partial charge is 0.497 e. The van der Waals surface area contributed by atoms with Gasteiger partial charge in [-0.1, -0.05) is 0 Å². The molecular formula is C19H26N2O3. The summed E-state index contributed by atoms with van der Waals surface area (Å²) in [6, 6.07) is 8.18. The fourth-order valence-electron chi connectivity index (χ4n) is 3.65. The van der Waals surface area contributed by atoms with E-state index in [2.05, 4.69) is 5.32 Å². The van der Waals surface area contributed by atoms with Crippen molar-refractivity contribution >= 4 is 11.7 Å². The first-order valence-electron chi connectivity index (χ1n) is 8.87. The summed E-state index contributed by atoms with van der Waals surface area (Å²) in [7, 11) is 1.60. The molecule has 2 aliphatic rings. The van der Waals surface area contributed by atoms with Gasteiger partial charge in [0.15, 0.2) is 5.78 Å². The van der Waals surface area contributed by atoms with Crippen LogP contribution >= 0.6 is 0 Å². The zero-order valence-electron chi connectivity index (χ0n) is 14.3. The van der Waals surface area contributed by atoms with Crippen LogP contribution in [0.15, 0.2) is 24.3 Å². The number of rotatable bonds is 6. The predicted molar refractivity (Wildman–Crippen MR) is 92.3 cm³/mol. The number of carbonyl (C=O) groups excluding carboxylic acids is 2. The van der Waals surface area contributed by atoms with Crippen LogP contribution in [-0.4, -0.2) is 48.9 Å². The van der Waals surface area contributed by atoms with Gasteiger partial charge < -0.3 is 15.0 Å². The van der Waals surface area contributed by atoms with Crippen molar-refractivity contribution in [2.75, 3.05) is 20.2 Å². The number of fused-ring (bicyclic) bond motifs is 2. The van der Waals surface area contributed by atoms with Crippen LogP contribution in [0.25, 0.3) is 0 Å². The van der Waals surface area contributed by atoms with Crippen molar-refractivity contribution < 1.29 is 14.3 Å². The van der Waals surface area contributed by atoms with Gasteiger partial charge in [-0.05, 0) is 49.9 Å². The van der Waals surface area contributed by atoms with Crippen LogP contribution in [0.4, 0.5) is 0 Å². The molecule has 2 unspecified atom stereocenters. The van der Waals surface area contributed by atoms with Crippen molar-refractivity contribution in [3.63, 3.8) is 0 Å². The molecule has 0 aromatic heterocycles. The molecule has 2 bridgehead atoms. The molecule has 130 valence electrons. The second-order valence-electron chi connectivity index (χ2n) is 6.77. The van der Waals surface area contributed by atoms with Crippen molar-refractivity contribution in [1.29, 1.82) is 0 Å². The highest BCUT2D eigenvalue weighted by molar-refractivity contribution is 5.96. The van der Waals surface area contributed by atoms with E-state index < -0.39 is 0 Å². The van der Waals surface area contributed by atoms with Crippen LogP contribution in [0.2, 0.25) is 0 Å². The average Bonchev–Trinajstić information content (AvgIpc) is 2.93. The molecule has 0 aliphatic carbocycles. The number of ketones is 1. The molecule has 3 rings (SSSR count). The van der Waals surface area contributed by atoms with Crippen LogP contribution in [0.3, 0.4) is 0 Å². The van der Waals surface area contributed by atoms with Crippen LogP contribution in [0, 0.1) is 0 Å². The Labute approximate surface area is 143 Å². The average molecular weight is 330 g/mol. The van der Waals surface area contributed by atoms with Gasteiger partial charge in [0.05, 0.1) is 7.11 Å². The van der Waals surface area contributed by atoms with Crippen LogP contribution in [-0.2, 0) is 4.79 Å². The van der Waals surface area contributed by atoms with Crippen molar-refractivity contribution in [3.05, 3.63) is 29.8 Å². The number of carbonyl (C=O) groups is 2. The van der Waals surface area contributed by atoms with Gasteiger partial charge in [-0.25, -0.2) is 0 Å². The lowest BCUT2D eigenvalue weighted by atomic mass is 10.0. The Morgan fingerprint density at radius 3 is 2.62 bits per heavy atom. The molecular weight excluding hydrogens is 304 g/mol. The Bertz CT molecular complexity index is 585. The molecule has 1 N–H and O–H groups in total. The smallest absolute Gasteiger partial charge is 0.222 e. The van der Waals surface area contributed by atoms with Gasteiger partial charge in [0, 0.05) is 43.6 Å². The van der Waals surface area contributed by atoms with Gasteiger partial charge in [-0.3, -0.25) is 9.59 Å². The third kappa shape index (κ3) is 4.15. The number of Topliss-reactive ketones (excluding diaryl/α,β-unsaturated/α-hetero) is 1. The maximum absolute atomic E-state index is 12.4. The predicted octanol–water partition coefficient (Wildman–Crippen LogP) is 2.40. The van der Waals surface area contributed by atoms with Crippen molar-refractivity contribution in [1.82, 2.24) is 10.2 Å². The molecule has 1 aromatic carbocycles. The minimum absolute atomic E-state index is 0.0852. The second kappa shape index (κ2) is 7.79. The Kier molecular flexibility index (Phi) is 5.51. The fraction of sp³-hybridized carbons (Fsp3) is 0.579. The summed E-state index contributed by atoms with van der Waals surface area (Å²) in [4.78, 5) is 26.6. The number of amides is 1. The summed E-state index contributed by atoms with van der Waals surface area (Å²) >= 11 is 0. The number of nitrogens with zero attached hydrogens (tertiary/aromatic N) is 1. The van der Waals surface area contributed by atoms with Gasteiger partial charge in [-0.2, -0.15) is 0 Å². The minimum atomic E-state index is 0.0852. The highest BCUT2D eigenvalue weighted by atomic mass is 16.5. The molecule has 1 aromatic rings. The lowest BCUT2D eigenvalue weighted by Crippen LogP contribution is -2.38. The first-order chi connectivity index (χ1) is 11.7. The summed E-state index contributed by atoms with van der Waals surface area (Å²) in [5, 5.41) is 3.58. The molecule has 5 heteroatoms. The number of likely N-dealkylation sites (tertiary alicyclic amines) is 1. The van der Waals surface area contributed by atoms with Gasteiger partial charge in [0.2, 0.25) is 5.91 Å². The first kappa shape index (κ1) is 17.0. The third-order valence-corrected chi connectivity index (χ3v) is 5.08.